The molecule has 9 heteroatoms. The molecule has 164 valence electrons. The summed E-state index contributed by atoms with van der Waals surface area (Å²) in [5.41, 5.74) is 0.179. The number of thiophene rings is 1. The summed E-state index contributed by atoms with van der Waals surface area (Å²) in [6, 6.07) is 8.19. The molecule has 1 aromatic heterocycles. The third-order valence-corrected chi connectivity index (χ3v) is 7.95. The second kappa shape index (κ2) is 10.2. The van der Waals surface area contributed by atoms with Crippen LogP contribution in [0.15, 0.2) is 40.6 Å². The molecule has 3 rings (SSSR count). The number of carbonyl (C=O) groups excluding carboxylic acids is 1. The maximum Gasteiger partial charge on any atom is 0.252 e. The van der Waals surface area contributed by atoms with Gasteiger partial charge in [-0.2, -0.15) is 0 Å². The zero-order chi connectivity index (χ0) is 21.7. The molecule has 1 fully saturated rings. The van der Waals surface area contributed by atoms with Gasteiger partial charge in [0.15, 0.2) is 0 Å². The number of nitrogens with one attached hydrogen (secondary N) is 2. The van der Waals surface area contributed by atoms with E-state index in [0.29, 0.717) is 12.5 Å². The highest BCUT2D eigenvalue weighted by molar-refractivity contribution is 7.89. The predicted octanol–water partition coefficient (Wildman–Crippen LogP) is 3.73. The Hall–Kier alpha value is -1.45. The Kier molecular flexibility index (Phi) is 7.92. The van der Waals surface area contributed by atoms with Crippen LogP contribution >= 0.6 is 22.9 Å². The maximum absolute atomic E-state index is 12.7. The fourth-order valence-corrected chi connectivity index (χ4v) is 5.75. The van der Waals surface area contributed by atoms with Gasteiger partial charge in [0.1, 0.15) is 0 Å². The van der Waals surface area contributed by atoms with Crippen molar-refractivity contribution in [2.45, 2.75) is 44.2 Å². The van der Waals surface area contributed by atoms with Crippen LogP contribution in [0.25, 0.3) is 0 Å². The normalized spacial score (nSPS) is 16.1. The van der Waals surface area contributed by atoms with E-state index in [1.54, 1.807) is 25.2 Å². The fourth-order valence-electron chi connectivity index (χ4n) is 3.53. The lowest BCUT2D eigenvalue weighted by Gasteiger charge is -2.31. The quantitative estimate of drug-likeness (QED) is 0.617. The largest absolute Gasteiger partial charge is 0.352 e. The number of halogens is 1. The maximum atomic E-state index is 12.7. The summed E-state index contributed by atoms with van der Waals surface area (Å²) in [7, 11) is -3.69. The van der Waals surface area contributed by atoms with Gasteiger partial charge in [0.05, 0.1) is 15.5 Å². The molecule has 0 unspecified atom stereocenters. The van der Waals surface area contributed by atoms with Gasteiger partial charge in [0.2, 0.25) is 10.0 Å². The summed E-state index contributed by atoms with van der Waals surface area (Å²) in [4.78, 5) is 16.5. The minimum atomic E-state index is -3.69. The van der Waals surface area contributed by atoms with Crippen LogP contribution in [-0.2, 0) is 16.6 Å². The lowest BCUT2D eigenvalue weighted by atomic mass is 9.96. The SMILES string of the molecule is CC(C)NS(=O)(=O)c1ccc(Cl)c(C(=O)NCC2CCN(Cc3cccs3)CC2)c1. The Morgan fingerprint density at radius 2 is 2.00 bits per heavy atom. The van der Waals surface area contributed by atoms with E-state index in [1.165, 1.54) is 23.1 Å². The van der Waals surface area contributed by atoms with E-state index in [1.807, 2.05) is 0 Å². The third-order valence-electron chi connectivity index (χ3n) is 5.10. The van der Waals surface area contributed by atoms with Gasteiger partial charge in [-0.15, -0.1) is 11.3 Å². The average molecular weight is 470 g/mol. The van der Waals surface area contributed by atoms with Crippen LogP contribution in [0.2, 0.25) is 5.02 Å². The molecule has 0 radical (unpaired) electrons. The highest BCUT2D eigenvalue weighted by Gasteiger charge is 2.22. The third kappa shape index (κ3) is 6.28. The van der Waals surface area contributed by atoms with Crippen molar-refractivity contribution in [3.63, 3.8) is 0 Å². The second-order valence-corrected chi connectivity index (χ2v) is 11.1. The monoisotopic (exact) mass is 469 g/mol. The molecular weight excluding hydrogens is 442 g/mol. The number of sulfonamides is 1. The molecular formula is C21H28ClN3O3S2. The summed E-state index contributed by atoms with van der Waals surface area (Å²) in [6.45, 7) is 7.04. The minimum Gasteiger partial charge on any atom is -0.352 e. The first-order chi connectivity index (χ1) is 14.2. The molecule has 0 atom stereocenters. The number of carbonyl (C=O) groups is 1. The fraction of sp³-hybridized carbons (Fsp3) is 0.476. The van der Waals surface area contributed by atoms with Crippen molar-refractivity contribution in [2.24, 2.45) is 5.92 Å². The lowest BCUT2D eigenvalue weighted by molar-refractivity contribution is 0.0935. The molecule has 0 bridgehead atoms. The first kappa shape index (κ1) is 23.2. The molecule has 0 spiro atoms. The van der Waals surface area contributed by atoms with Crippen molar-refractivity contribution in [3.8, 4) is 0 Å². The zero-order valence-corrected chi connectivity index (χ0v) is 19.6. The molecule has 0 saturated carbocycles. The van der Waals surface area contributed by atoms with Gasteiger partial charge in [-0.1, -0.05) is 17.7 Å². The highest BCUT2D eigenvalue weighted by atomic mass is 35.5. The van der Waals surface area contributed by atoms with E-state index in [4.69, 9.17) is 11.6 Å². The van der Waals surface area contributed by atoms with Crippen LogP contribution in [0.5, 0.6) is 0 Å². The zero-order valence-electron chi connectivity index (χ0n) is 17.2. The number of rotatable bonds is 8. The van der Waals surface area contributed by atoms with E-state index in [9.17, 15) is 13.2 Å². The van der Waals surface area contributed by atoms with Crippen LogP contribution in [0.3, 0.4) is 0 Å². The molecule has 1 saturated heterocycles. The van der Waals surface area contributed by atoms with E-state index in [2.05, 4.69) is 32.5 Å². The molecule has 1 aliphatic rings. The number of benzene rings is 1. The molecule has 2 N–H and O–H groups in total. The van der Waals surface area contributed by atoms with Gasteiger partial charge < -0.3 is 5.32 Å². The van der Waals surface area contributed by atoms with Crippen molar-refractivity contribution < 1.29 is 13.2 Å². The standard InChI is InChI=1S/C21H28ClN3O3S2/c1-15(2)24-30(27,28)18-5-6-20(22)19(12-18)21(26)23-13-16-7-9-25(10-8-16)14-17-4-3-11-29-17/h3-6,11-12,15-16,24H,7-10,13-14H2,1-2H3,(H,23,26). The van der Waals surface area contributed by atoms with Gasteiger partial charge >= 0.3 is 0 Å². The van der Waals surface area contributed by atoms with E-state index < -0.39 is 10.0 Å². The Morgan fingerprint density at radius 3 is 2.63 bits per heavy atom. The molecule has 1 aromatic carbocycles. The Labute approximate surface area is 187 Å². The van der Waals surface area contributed by atoms with E-state index in [0.717, 1.165) is 32.5 Å². The summed E-state index contributed by atoms with van der Waals surface area (Å²) < 4.78 is 27.3. The predicted molar refractivity (Wildman–Crippen MR) is 122 cm³/mol. The molecule has 1 aliphatic heterocycles. The van der Waals surface area contributed by atoms with Gasteiger partial charge in [-0.05, 0) is 75.3 Å². The average Bonchev–Trinajstić information content (AvgIpc) is 3.19. The van der Waals surface area contributed by atoms with Crippen LogP contribution in [0, 0.1) is 5.92 Å². The molecule has 0 aliphatic carbocycles. The number of hydrogen-bond acceptors (Lipinski definition) is 5. The summed E-state index contributed by atoms with van der Waals surface area (Å²) >= 11 is 7.95. The highest BCUT2D eigenvalue weighted by Crippen LogP contribution is 2.23. The lowest BCUT2D eigenvalue weighted by Crippen LogP contribution is -2.38. The number of amides is 1. The molecule has 2 heterocycles. The van der Waals surface area contributed by atoms with E-state index >= 15 is 0 Å². The van der Waals surface area contributed by atoms with Crippen molar-refractivity contribution >= 4 is 38.9 Å². The van der Waals surface area contributed by atoms with Crippen molar-refractivity contribution in [3.05, 3.63) is 51.2 Å². The van der Waals surface area contributed by atoms with Crippen LogP contribution in [0.1, 0.15) is 41.9 Å². The smallest absolute Gasteiger partial charge is 0.252 e. The molecule has 6 nitrogen and oxygen atoms in total. The first-order valence-electron chi connectivity index (χ1n) is 10.1. The topological polar surface area (TPSA) is 78.5 Å². The second-order valence-electron chi connectivity index (χ2n) is 7.93. The summed E-state index contributed by atoms with van der Waals surface area (Å²) in [5.74, 6) is 0.0597. The minimum absolute atomic E-state index is 0.0348. The molecule has 1 amide bonds. The molecule has 2 aromatic rings. The van der Waals surface area contributed by atoms with Gasteiger partial charge in [-0.25, -0.2) is 13.1 Å². The van der Waals surface area contributed by atoms with Crippen LogP contribution in [-0.4, -0.2) is 44.9 Å². The number of hydrogen-bond donors (Lipinski definition) is 2. The van der Waals surface area contributed by atoms with E-state index in [-0.39, 0.29) is 27.4 Å². The van der Waals surface area contributed by atoms with Gasteiger partial charge in [0, 0.05) is 24.0 Å². The van der Waals surface area contributed by atoms with Crippen LogP contribution < -0.4 is 10.0 Å². The van der Waals surface area contributed by atoms with Crippen molar-refractivity contribution in [1.29, 1.82) is 0 Å². The summed E-state index contributed by atoms with van der Waals surface area (Å²) in [6.07, 6.45) is 2.04. The van der Waals surface area contributed by atoms with Crippen LogP contribution in [0.4, 0.5) is 0 Å². The number of likely N-dealkylation sites (tertiary alicyclic amines) is 1. The number of nitrogens with zero attached hydrogens (tertiary/aromatic N) is 1. The summed E-state index contributed by atoms with van der Waals surface area (Å²) in [5, 5.41) is 5.27. The Morgan fingerprint density at radius 1 is 1.27 bits per heavy atom. The van der Waals surface area contributed by atoms with Gasteiger partial charge in [-0.3, -0.25) is 9.69 Å². The Balaban J connectivity index is 1.54. The van der Waals surface area contributed by atoms with Crippen molar-refractivity contribution in [2.75, 3.05) is 19.6 Å². The Bertz CT molecular complexity index is 954. The van der Waals surface area contributed by atoms with Gasteiger partial charge in [0.25, 0.3) is 5.91 Å². The van der Waals surface area contributed by atoms with Crippen molar-refractivity contribution in [1.82, 2.24) is 14.9 Å². The number of piperidine rings is 1. The first-order valence-corrected chi connectivity index (χ1v) is 12.8. The molecule has 30 heavy (non-hydrogen) atoms.